The molecule has 0 bridgehead atoms. The average molecular weight is 494 g/mol. The first-order chi connectivity index (χ1) is 18.0. The zero-order chi connectivity index (χ0) is 25.8. The van der Waals surface area contributed by atoms with Crippen molar-refractivity contribution in [3.05, 3.63) is 113 Å². The number of fused-ring (bicyclic) bond motifs is 1. The van der Waals surface area contributed by atoms with E-state index in [1.807, 2.05) is 72.3 Å². The molecule has 0 spiro atoms. The molecule has 1 aromatic heterocycles. The average Bonchev–Trinajstić information content (AvgIpc) is 3.42. The third kappa shape index (κ3) is 5.48. The molecule has 6 nitrogen and oxygen atoms in total. The molecule has 6 heteroatoms. The summed E-state index contributed by atoms with van der Waals surface area (Å²) >= 11 is 0. The summed E-state index contributed by atoms with van der Waals surface area (Å²) < 4.78 is 8.74. The monoisotopic (exact) mass is 493 g/mol. The molecule has 0 radical (unpaired) electrons. The van der Waals surface area contributed by atoms with Gasteiger partial charge >= 0.3 is 0 Å². The number of ketones is 1. The zero-order valence-corrected chi connectivity index (χ0v) is 21.3. The van der Waals surface area contributed by atoms with Crippen LogP contribution in [0.3, 0.4) is 0 Å². The molecule has 0 saturated heterocycles. The molecule has 1 atom stereocenters. The number of hydrogen-bond acceptors (Lipinski definition) is 4. The number of imidazole rings is 1. The van der Waals surface area contributed by atoms with Crippen LogP contribution >= 0.6 is 0 Å². The lowest BCUT2D eigenvalue weighted by atomic mass is 9.86. The topological polar surface area (TPSA) is 64.4 Å². The number of hydrogen-bond donors (Lipinski definition) is 0. The maximum atomic E-state index is 12.8. The van der Waals surface area contributed by atoms with Gasteiger partial charge in [-0.2, -0.15) is 0 Å². The number of carbonyl (C=O) groups excluding carboxylic acids is 2. The summed E-state index contributed by atoms with van der Waals surface area (Å²) in [6, 6.07) is 21.8. The quantitative estimate of drug-likeness (QED) is 0.298. The Hall–Kier alpha value is -4.19. The van der Waals surface area contributed by atoms with E-state index in [-0.39, 0.29) is 17.8 Å². The van der Waals surface area contributed by atoms with Crippen molar-refractivity contribution < 1.29 is 14.3 Å². The number of rotatable bonds is 8. The summed E-state index contributed by atoms with van der Waals surface area (Å²) in [4.78, 5) is 31.6. The molecule has 1 heterocycles. The number of carbonyl (C=O) groups is 2. The third-order valence-electron chi connectivity index (χ3n) is 6.94. The van der Waals surface area contributed by atoms with E-state index < -0.39 is 0 Å². The number of anilines is 1. The van der Waals surface area contributed by atoms with Gasteiger partial charge in [0, 0.05) is 42.6 Å². The fourth-order valence-electron chi connectivity index (χ4n) is 4.95. The Morgan fingerprint density at radius 2 is 1.84 bits per heavy atom. The summed E-state index contributed by atoms with van der Waals surface area (Å²) in [6.45, 7) is 4.51. The standard InChI is InChI=1S/C31H31N3O3/c1-22-11-13-25(14-12-22)34(23(2)35)19-28-26-9-6-10-29(36)27(26)15-16-30(28)37-31(20-33-18-17-32-21-33)24-7-4-3-5-8-24/h3-5,7-8,11-18,21,31H,6,9-10,19-20H2,1-2H3/t31-/m1/s1. The molecule has 1 aliphatic carbocycles. The Morgan fingerprint density at radius 3 is 2.54 bits per heavy atom. The van der Waals surface area contributed by atoms with Gasteiger partial charge in [0.2, 0.25) is 5.91 Å². The highest BCUT2D eigenvalue weighted by molar-refractivity contribution is 5.99. The summed E-state index contributed by atoms with van der Waals surface area (Å²) in [5.41, 5.74) is 5.62. The van der Waals surface area contributed by atoms with Crippen molar-refractivity contribution in [3.8, 4) is 5.75 Å². The van der Waals surface area contributed by atoms with Crippen LogP contribution in [0.5, 0.6) is 5.75 Å². The van der Waals surface area contributed by atoms with Gasteiger partial charge in [0.1, 0.15) is 11.9 Å². The predicted octanol–water partition coefficient (Wildman–Crippen LogP) is 6.08. The van der Waals surface area contributed by atoms with Gasteiger partial charge in [-0.05, 0) is 55.2 Å². The fraction of sp³-hybridized carbons (Fsp3) is 0.258. The van der Waals surface area contributed by atoms with Gasteiger partial charge in [-0.1, -0.05) is 48.0 Å². The van der Waals surface area contributed by atoms with Crippen LogP contribution in [0.25, 0.3) is 0 Å². The molecule has 0 N–H and O–H groups in total. The van der Waals surface area contributed by atoms with Crippen LogP contribution in [0.4, 0.5) is 5.69 Å². The first-order valence-electron chi connectivity index (χ1n) is 12.7. The molecular formula is C31H31N3O3. The van der Waals surface area contributed by atoms with Crippen molar-refractivity contribution in [2.24, 2.45) is 0 Å². The van der Waals surface area contributed by atoms with E-state index in [1.165, 1.54) is 0 Å². The Balaban J connectivity index is 1.57. The van der Waals surface area contributed by atoms with Gasteiger partial charge in [-0.15, -0.1) is 0 Å². The number of Topliss-reactive ketones (excluding diaryl/α,β-unsaturated/α-hetero) is 1. The van der Waals surface area contributed by atoms with E-state index in [4.69, 9.17) is 4.74 Å². The summed E-state index contributed by atoms with van der Waals surface area (Å²) in [6.07, 6.45) is 7.30. The second-order valence-electron chi connectivity index (χ2n) is 9.56. The van der Waals surface area contributed by atoms with Crippen molar-refractivity contribution in [3.63, 3.8) is 0 Å². The van der Waals surface area contributed by atoms with Gasteiger partial charge in [0.25, 0.3) is 0 Å². The first kappa shape index (κ1) is 24.5. The van der Waals surface area contributed by atoms with Gasteiger partial charge in [0.05, 0.1) is 19.4 Å². The molecule has 0 unspecified atom stereocenters. The molecule has 1 aliphatic rings. The first-order valence-corrected chi connectivity index (χ1v) is 12.7. The van der Waals surface area contributed by atoms with Crippen LogP contribution in [0, 0.1) is 6.92 Å². The highest BCUT2D eigenvalue weighted by Gasteiger charge is 2.26. The normalized spacial score (nSPS) is 13.6. The number of benzene rings is 3. The molecule has 37 heavy (non-hydrogen) atoms. The molecular weight excluding hydrogens is 462 g/mol. The van der Waals surface area contributed by atoms with Crippen molar-refractivity contribution in [2.45, 2.75) is 52.3 Å². The molecule has 0 saturated carbocycles. The predicted molar refractivity (Wildman–Crippen MR) is 144 cm³/mol. The van der Waals surface area contributed by atoms with Crippen molar-refractivity contribution >= 4 is 17.4 Å². The highest BCUT2D eigenvalue weighted by atomic mass is 16.5. The van der Waals surface area contributed by atoms with E-state index in [2.05, 4.69) is 17.1 Å². The Morgan fingerprint density at radius 1 is 1.05 bits per heavy atom. The third-order valence-corrected chi connectivity index (χ3v) is 6.94. The number of nitrogens with zero attached hydrogens (tertiary/aromatic N) is 3. The number of aryl methyl sites for hydroxylation is 1. The van der Waals surface area contributed by atoms with E-state index in [9.17, 15) is 9.59 Å². The SMILES string of the molecule is CC(=O)N(Cc1c(O[C@H](Cn2ccnc2)c2ccccc2)ccc2c1CCCC2=O)c1ccc(C)cc1. The molecule has 0 aliphatic heterocycles. The zero-order valence-electron chi connectivity index (χ0n) is 21.3. The molecule has 0 fully saturated rings. The van der Waals surface area contributed by atoms with Crippen LogP contribution in [0.15, 0.2) is 85.5 Å². The minimum atomic E-state index is -0.281. The second-order valence-corrected chi connectivity index (χ2v) is 9.56. The Bertz CT molecular complexity index is 1380. The van der Waals surface area contributed by atoms with Crippen LogP contribution in [-0.4, -0.2) is 21.2 Å². The van der Waals surface area contributed by atoms with E-state index >= 15 is 0 Å². The van der Waals surface area contributed by atoms with Gasteiger partial charge in [-0.25, -0.2) is 4.98 Å². The maximum Gasteiger partial charge on any atom is 0.224 e. The second kappa shape index (κ2) is 10.8. The van der Waals surface area contributed by atoms with Gasteiger partial charge in [0.15, 0.2) is 5.78 Å². The van der Waals surface area contributed by atoms with Gasteiger partial charge in [-0.3, -0.25) is 9.59 Å². The lowest BCUT2D eigenvalue weighted by molar-refractivity contribution is -0.116. The fourth-order valence-corrected chi connectivity index (χ4v) is 4.95. The van der Waals surface area contributed by atoms with Crippen LogP contribution in [0.1, 0.15) is 58.5 Å². The van der Waals surface area contributed by atoms with Crippen LogP contribution < -0.4 is 9.64 Å². The van der Waals surface area contributed by atoms with Crippen molar-refractivity contribution in [1.29, 1.82) is 0 Å². The minimum Gasteiger partial charge on any atom is -0.483 e. The minimum absolute atomic E-state index is 0.0624. The molecule has 5 rings (SSSR count). The van der Waals surface area contributed by atoms with E-state index in [0.717, 1.165) is 46.3 Å². The smallest absolute Gasteiger partial charge is 0.224 e. The van der Waals surface area contributed by atoms with Crippen molar-refractivity contribution in [2.75, 3.05) is 4.90 Å². The molecule has 188 valence electrons. The molecule has 3 aromatic carbocycles. The van der Waals surface area contributed by atoms with E-state index in [1.54, 1.807) is 24.3 Å². The van der Waals surface area contributed by atoms with Gasteiger partial charge < -0.3 is 14.2 Å². The summed E-state index contributed by atoms with van der Waals surface area (Å²) in [5, 5.41) is 0. The number of amides is 1. The lowest BCUT2D eigenvalue weighted by Gasteiger charge is -2.29. The number of aromatic nitrogens is 2. The Labute approximate surface area is 217 Å². The number of ether oxygens (including phenoxy) is 1. The van der Waals surface area contributed by atoms with Crippen LogP contribution in [-0.2, 0) is 24.3 Å². The van der Waals surface area contributed by atoms with E-state index in [0.29, 0.717) is 25.3 Å². The molecule has 1 amide bonds. The summed E-state index contributed by atoms with van der Waals surface area (Å²) in [5.74, 6) is 0.783. The largest absolute Gasteiger partial charge is 0.483 e. The summed E-state index contributed by atoms with van der Waals surface area (Å²) in [7, 11) is 0. The maximum absolute atomic E-state index is 12.8. The van der Waals surface area contributed by atoms with Crippen LogP contribution in [0.2, 0.25) is 0 Å². The van der Waals surface area contributed by atoms with Crippen molar-refractivity contribution in [1.82, 2.24) is 9.55 Å². The highest BCUT2D eigenvalue weighted by Crippen LogP contribution is 2.36. The molecule has 4 aromatic rings. The lowest BCUT2D eigenvalue weighted by Crippen LogP contribution is -2.29. The Kier molecular flexibility index (Phi) is 7.17.